The third-order valence-electron chi connectivity index (χ3n) is 1.46. The molecule has 0 atom stereocenters. The van der Waals surface area contributed by atoms with Crippen LogP contribution in [0.5, 0.6) is 0 Å². The highest BCUT2D eigenvalue weighted by Gasteiger charge is 2.24. The Bertz CT molecular complexity index is 218. The summed E-state index contributed by atoms with van der Waals surface area (Å²) < 4.78 is 33.5. The first-order valence-electron chi connectivity index (χ1n) is 3.95. The summed E-state index contributed by atoms with van der Waals surface area (Å²) in [5, 5.41) is 0. The molecule has 0 radical (unpaired) electrons. The molecule has 74 valence electrons. The summed E-state index contributed by atoms with van der Waals surface area (Å²) in [5.41, 5.74) is -0.802. The zero-order chi connectivity index (χ0) is 9.83. The highest BCUT2D eigenvalue weighted by atomic mass is 32.3. The average Bonchev–Trinajstić information content (AvgIpc) is 1.78. The monoisotopic (exact) mass is 196 g/mol. The van der Waals surface area contributed by atoms with E-state index >= 15 is 0 Å². The molecule has 0 aromatic heterocycles. The van der Waals surface area contributed by atoms with Crippen LogP contribution in [-0.4, -0.2) is 18.6 Å². The minimum atomic E-state index is -4.31. The second-order valence-corrected chi connectivity index (χ2v) is 4.40. The molecule has 0 aromatic rings. The van der Waals surface area contributed by atoms with Crippen molar-refractivity contribution in [1.82, 2.24) is 0 Å². The maximum Gasteiger partial charge on any atom is 0.397 e. The van der Waals surface area contributed by atoms with Gasteiger partial charge in [0.15, 0.2) is 0 Å². The van der Waals surface area contributed by atoms with Gasteiger partial charge in [0.1, 0.15) is 0 Å². The van der Waals surface area contributed by atoms with Crippen molar-refractivity contribution >= 4 is 10.4 Å². The van der Waals surface area contributed by atoms with E-state index in [9.17, 15) is 8.42 Å². The lowest BCUT2D eigenvalue weighted by Gasteiger charge is -2.21. The van der Waals surface area contributed by atoms with Gasteiger partial charge in [0.2, 0.25) is 0 Å². The van der Waals surface area contributed by atoms with Gasteiger partial charge in [-0.2, -0.15) is 8.42 Å². The number of hydrogen-bond donors (Lipinski definition) is 1. The van der Waals surface area contributed by atoms with Crippen LogP contribution in [0.3, 0.4) is 0 Å². The van der Waals surface area contributed by atoms with Crippen molar-refractivity contribution < 1.29 is 17.2 Å². The van der Waals surface area contributed by atoms with Gasteiger partial charge in [0.25, 0.3) is 0 Å². The number of hydrogen-bond acceptors (Lipinski definition) is 3. The Hall–Kier alpha value is -0.130. The largest absolute Gasteiger partial charge is 0.397 e. The third-order valence-corrected chi connectivity index (χ3v) is 2.13. The molecule has 0 rings (SSSR count). The van der Waals surface area contributed by atoms with Crippen molar-refractivity contribution in [2.75, 3.05) is 0 Å². The van der Waals surface area contributed by atoms with Gasteiger partial charge in [-0.05, 0) is 20.3 Å². The first-order valence-corrected chi connectivity index (χ1v) is 5.31. The van der Waals surface area contributed by atoms with E-state index in [0.29, 0.717) is 6.42 Å². The molecule has 0 saturated carbocycles. The molecule has 0 saturated heterocycles. The van der Waals surface area contributed by atoms with Gasteiger partial charge in [-0.15, -0.1) is 0 Å². The van der Waals surface area contributed by atoms with Crippen LogP contribution >= 0.6 is 0 Å². The molecule has 0 aliphatic carbocycles. The summed E-state index contributed by atoms with van der Waals surface area (Å²) in [5.74, 6) is 0. The van der Waals surface area contributed by atoms with Gasteiger partial charge >= 0.3 is 10.4 Å². The zero-order valence-corrected chi connectivity index (χ0v) is 8.52. The molecule has 0 bridgehead atoms. The summed E-state index contributed by atoms with van der Waals surface area (Å²) in [6, 6.07) is 0. The van der Waals surface area contributed by atoms with E-state index < -0.39 is 16.0 Å². The molecule has 0 spiro atoms. The Morgan fingerprint density at radius 1 is 1.42 bits per heavy atom. The maximum atomic E-state index is 10.3. The molecule has 0 unspecified atom stereocenters. The molecule has 0 amide bonds. The van der Waals surface area contributed by atoms with Crippen LogP contribution < -0.4 is 0 Å². The molecule has 1 N–H and O–H groups in total. The molecule has 0 aliphatic heterocycles. The summed E-state index contributed by atoms with van der Waals surface area (Å²) in [6.45, 7) is 5.27. The van der Waals surface area contributed by atoms with Gasteiger partial charge in [-0.1, -0.05) is 19.8 Å². The van der Waals surface area contributed by atoms with Gasteiger partial charge in [0, 0.05) is 0 Å². The lowest BCUT2D eigenvalue weighted by molar-refractivity contribution is 0.0882. The molecule has 4 nitrogen and oxygen atoms in total. The van der Waals surface area contributed by atoms with E-state index in [-0.39, 0.29) is 0 Å². The highest BCUT2D eigenvalue weighted by molar-refractivity contribution is 7.80. The molecular weight excluding hydrogens is 180 g/mol. The van der Waals surface area contributed by atoms with Gasteiger partial charge in [-0.25, -0.2) is 4.18 Å². The van der Waals surface area contributed by atoms with Gasteiger partial charge in [0.05, 0.1) is 5.60 Å². The Balaban J connectivity index is 4.04. The molecule has 0 heterocycles. The molecule has 0 aromatic carbocycles. The van der Waals surface area contributed by atoms with Crippen molar-refractivity contribution in [2.45, 2.75) is 45.6 Å². The fourth-order valence-corrected chi connectivity index (χ4v) is 1.58. The van der Waals surface area contributed by atoms with E-state index in [1.54, 1.807) is 13.8 Å². The van der Waals surface area contributed by atoms with Crippen LogP contribution in [0.4, 0.5) is 0 Å². The fourth-order valence-electron chi connectivity index (χ4n) is 0.929. The Labute approximate surface area is 73.9 Å². The maximum absolute atomic E-state index is 10.3. The lowest BCUT2D eigenvalue weighted by Crippen LogP contribution is -2.27. The topological polar surface area (TPSA) is 63.6 Å². The second-order valence-electron chi connectivity index (χ2n) is 3.37. The third kappa shape index (κ3) is 6.57. The molecule has 12 heavy (non-hydrogen) atoms. The number of rotatable bonds is 5. The smallest absolute Gasteiger partial charge is 0.264 e. The van der Waals surface area contributed by atoms with E-state index in [2.05, 4.69) is 4.18 Å². The van der Waals surface area contributed by atoms with Gasteiger partial charge in [-0.3, -0.25) is 4.55 Å². The standard InChI is InChI=1S/C7H16O4S/c1-4-5-6-7(2,3)11-12(8,9)10/h4-6H2,1-3H3,(H,8,9,10). The number of unbranched alkanes of at least 4 members (excludes halogenated alkanes) is 1. The summed E-state index contributed by atoms with van der Waals surface area (Å²) in [4.78, 5) is 0. The van der Waals surface area contributed by atoms with Crippen molar-refractivity contribution in [2.24, 2.45) is 0 Å². The van der Waals surface area contributed by atoms with Crippen molar-refractivity contribution in [3.63, 3.8) is 0 Å². The molecule has 0 aliphatic rings. The normalized spacial score (nSPS) is 13.3. The van der Waals surface area contributed by atoms with Crippen LogP contribution in [0.2, 0.25) is 0 Å². The second kappa shape index (κ2) is 4.20. The van der Waals surface area contributed by atoms with E-state index in [1.807, 2.05) is 6.92 Å². The average molecular weight is 196 g/mol. The first kappa shape index (κ1) is 11.9. The zero-order valence-electron chi connectivity index (χ0n) is 7.70. The van der Waals surface area contributed by atoms with Gasteiger partial charge < -0.3 is 0 Å². The predicted octanol–water partition coefficient (Wildman–Crippen LogP) is 1.77. The Kier molecular flexibility index (Phi) is 4.16. The van der Waals surface area contributed by atoms with Crippen molar-refractivity contribution in [3.8, 4) is 0 Å². The van der Waals surface area contributed by atoms with Crippen LogP contribution in [0.15, 0.2) is 0 Å². The quantitative estimate of drug-likeness (QED) is 0.681. The SMILES string of the molecule is CCCCC(C)(C)OS(=O)(=O)O. The molecule has 5 heteroatoms. The van der Waals surface area contributed by atoms with Crippen LogP contribution in [0, 0.1) is 0 Å². The lowest BCUT2D eigenvalue weighted by atomic mass is 10.0. The summed E-state index contributed by atoms with van der Waals surface area (Å²) in [7, 11) is -4.31. The van der Waals surface area contributed by atoms with Crippen molar-refractivity contribution in [1.29, 1.82) is 0 Å². The summed E-state index contributed by atoms with van der Waals surface area (Å²) >= 11 is 0. The van der Waals surface area contributed by atoms with Crippen LogP contribution in [0.1, 0.15) is 40.0 Å². The van der Waals surface area contributed by atoms with E-state index in [0.717, 1.165) is 12.8 Å². The Morgan fingerprint density at radius 2 is 1.92 bits per heavy atom. The predicted molar refractivity (Wildman–Crippen MR) is 46.2 cm³/mol. The molecular formula is C7H16O4S. The minimum Gasteiger partial charge on any atom is -0.264 e. The van der Waals surface area contributed by atoms with Crippen LogP contribution in [0.25, 0.3) is 0 Å². The van der Waals surface area contributed by atoms with E-state index in [4.69, 9.17) is 4.55 Å². The fraction of sp³-hybridized carbons (Fsp3) is 1.00. The van der Waals surface area contributed by atoms with E-state index in [1.165, 1.54) is 0 Å². The highest BCUT2D eigenvalue weighted by Crippen LogP contribution is 2.19. The Morgan fingerprint density at radius 3 is 2.25 bits per heavy atom. The molecule has 0 fully saturated rings. The van der Waals surface area contributed by atoms with Crippen molar-refractivity contribution in [3.05, 3.63) is 0 Å². The minimum absolute atomic E-state index is 0.614. The first-order chi connectivity index (χ1) is 5.27. The van der Waals surface area contributed by atoms with Crippen LogP contribution in [-0.2, 0) is 14.6 Å². The summed E-state index contributed by atoms with van der Waals surface area (Å²) in [6.07, 6.45) is 2.46.